The number of ether oxygens (including phenoxy) is 2. The highest BCUT2D eigenvalue weighted by atomic mass is 16.7. The van der Waals surface area contributed by atoms with Gasteiger partial charge in [-0.05, 0) is 12.1 Å². The van der Waals surface area contributed by atoms with Crippen molar-refractivity contribution in [3.05, 3.63) is 36.4 Å². The van der Waals surface area contributed by atoms with E-state index in [1.54, 1.807) is 6.07 Å². The Morgan fingerprint density at radius 2 is 1.57 bits per heavy atom. The van der Waals surface area contributed by atoms with E-state index in [1.165, 1.54) is 10.9 Å². The first kappa shape index (κ1) is 12.0. The number of rotatable bonds is 1. The van der Waals surface area contributed by atoms with Crippen molar-refractivity contribution < 1.29 is 14.6 Å². The van der Waals surface area contributed by atoms with E-state index in [-0.39, 0.29) is 5.75 Å². The lowest BCUT2D eigenvalue weighted by molar-refractivity contribution is -0.0431. The van der Waals surface area contributed by atoms with E-state index in [2.05, 4.69) is 10.2 Å². The van der Waals surface area contributed by atoms with Crippen LogP contribution in [0.3, 0.4) is 0 Å². The lowest BCUT2D eigenvalue weighted by Crippen LogP contribution is -2.29. The molecule has 1 N–H and O–H groups in total. The van der Waals surface area contributed by atoms with E-state index < -0.39 is 5.79 Å². The van der Waals surface area contributed by atoms with Gasteiger partial charge in [-0.15, -0.1) is 15.0 Å². The van der Waals surface area contributed by atoms with Gasteiger partial charge in [0, 0.05) is 26.0 Å². The Labute approximate surface area is 120 Å². The lowest BCUT2D eigenvalue weighted by Gasteiger charge is -2.16. The number of aromatic hydroxyl groups is 1. The molecule has 1 aliphatic rings. The van der Waals surface area contributed by atoms with E-state index >= 15 is 0 Å². The van der Waals surface area contributed by atoms with Crippen LogP contribution in [-0.4, -0.2) is 25.9 Å². The Morgan fingerprint density at radius 1 is 1.00 bits per heavy atom. The zero-order valence-electron chi connectivity index (χ0n) is 11.6. The summed E-state index contributed by atoms with van der Waals surface area (Å²) < 4.78 is 11.3. The molecule has 0 atom stereocenters. The van der Waals surface area contributed by atoms with Gasteiger partial charge in [-0.3, -0.25) is 0 Å². The van der Waals surface area contributed by atoms with E-state index in [0.717, 1.165) is 11.0 Å². The standard InChI is InChI=1S/C15H13N3O3/c1-15(2)20-13-7-11(12(19)8-14(13)21-15)18-16-9-5-3-4-6-10(9)17-18/h3-8,19H,1-2H3. The largest absolute Gasteiger partial charge is 0.505 e. The van der Waals surface area contributed by atoms with Crippen LogP contribution in [0.1, 0.15) is 13.8 Å². The van der Waals surface area contributed by atoms with Crippen molar-refractivity contribution in [2.24, 2.45) is 0 Å². The number of fused-ring (bicyclic) bond motifs is 2. The highest BCUT2D eigenvalue weighted by molar-refractivity contribution is 5.74. The Kier molecular flexibility index (Phi) is 2.22. The molecule has 2 heterocycles. The molecule has 0 bridgehead atoms. The molecule has 1 aliphatic heterocycles. The van der Waals surface area contributed by atoms with Gasteiger partial charge >= 0.3 is 0 Å². The molecule has 0 spiro atoms. The lowest BCUT2D eigenvalue weighted by atomic mass is 10.2. The predicted octanol–water partition coefficient (Wildman–Crippen LogP) is 2.63. The van der Waals surface area contributed by atoms with Crippen LogP contribution in [0.15, 0.2) is 36.4 Å². The average molecular weight is 283 g/mol. The quantitative estimate of drug-likeness (QED) is 0.743. The fourth-order valence-corrected chi connectivity index (χ4v) is 2.38. The van der Waals surface area contributed by atoms with E-state index in [1.807, 2.05) is 38.1 Å². The fourth-order valence-electron chi connectivity index (χ4n) is 2.38. The predicted molar refractivity (Wildman–Crippen MR) is 75.9 cm³/mol. The van der Waals surface area contributed by atoms with Gasteiger partial charge in [0.1, 0.15) is 22.5 Å². The van der Waals surface area contributed by atoms with Gasteiger partial charge in [0.25, 0.3) is 0 Å². The van der Waals surface area contributed by atoms with Gasteiger partial charge in [0.05, 0.1) is 0 Å². The van der Waals surface area contributed by atoms with E-state index in [0.29, 0.717) is 17.2 Å². The van der Waals surface area contributed by atoms with E-state index in [4.69, 9.17) is 9.47 Å². The van der Waals surface area contributed by atoms with Gasteiger partial charge in [0.2, 0.25) is 5.79 Å². The molecule has 0 aliphatic carbocycles. The molecule has 2 aromatic carbocycles. The molecule has 0 unspecified atom stereocenters. The van der Waals surface area contributed by atoms with Gasteiger partial charge in [-0.1, -0.05) is 12.1 Å². The van der Waals surface area contributed by atoms with Crippen molar-refractivity contribution >= 4 is 11.0 Å². The summed E-state index contributed by atoms with van der Waals surface area (Å²) in [5, 5.41) is 18.9. The zero-order chi connectivity index (χ0) is 14.6. The second kappa shape index (κ2) is 3.88. The summed E-state index contributed by atoms with van der Waals surface area (Å²) in [6, 6.07) is 10.7. The minimum atomic E-state index is -0.740. The Balaban J connectivity index is 1.86. The minimum absolute atomic E-state index is 0.0374. The molecule has 0 amide bonds. The molecule has 4 rings (SSSR count). The first-order valence-electron chi connectivity index (χ1n) is 6.59. The molecule has 3 aromatic rings. The molecule has 0 radical (unpaired) electrons. The third kappa shape index (κ3) is 1.87. The minimum Gasteiger partial charge on any atom is -0.505 e. The second-order valence-corrected chi connectivity index (χ2v) is 5.37. The van der Waals surface area contributed by atoms with Crippen LogP contribution in [0.5, 0.6) is 17.2 Å². The first-order chi connectivity index (χ1) is 10.0. The van der Waals surface area contributed by atoms with Crippen LogP contribution >= 0.6 is 0 Å². The monoisotopic (exact) mass is 283 g/mol. The van der Waals surface area contributed by atoms with Crippen molar-refractivity contribution in [1.29, 1.82) is 0 Å². The fraction of sp³-hybridized carbons (Fsp3) is 0.200. The van der Waals surface area contributed by atoms with Crippen molar-refractivity contribution in [2.45, 2.75) is 19.6 Å². The molecule has 0 fully saturated rings. The van der Waals surface area contributed by atoms with Crippen molar-refractivity contribution in [1.82, 2.24) is 15.0 Å². The third-order valence-electron chi connectivity index (χ3n) is 3.25. The molecule has 0 saturated heterocycles. The number of phenols is 1. The molecule has 1 aromatic heterocycles. The van der Waals surface area contributed by atoms with Gasteiger partial charge in [-0.25, -0.2) is 0 Å². The van der Waals surface area contributed by atoms with Gasteiger partial charge < -0.3 is 14.6 Å². The van der Waals surface area contributed by atoms with Gasteiger partial charge in [0.15, 0.2) is 11.5 Å². The molecule has 6 nitrogen and oxygen atoms in total. The summed E-state index contributed by atoms with van der Waals surface area (Å²) in [6.45, 7) is 3.62. The van der Waals surface area contributed by atoms with Crippen LogP contribution in [0.2, 0.25) is 0 Å². The summed E-state index contributed by atoms with van der Waals surface area (Å²) in [7, 11) is 0. The molecule has 6 heteroatoms. The summed E-state index contributed by atoms with van der Waals surface area (Å²) in [6.07, 6.45) is 0. The second-order valence-electron chi connectivity index (χ2n) is 5.37. The third-order valence-corrected chi connectivity index (χ3v) is 3.25. The van der Waals surface area contributed by atoms with Crippen LogP contribution in [0.4, 0.5) is 0 Å². The maximum atomic E-state index is 10.2. The van der Waals surface area contributed by atoms with E-state index in [9.17, 15) is 5.11 Å². The van der Waals surface area contributed by atoms with Crippen molar-refractivity contribution in [3.63, 3.8) is 0 Å². The maximum Gasteiger partial charge on any atom is 0.246 e. The Hall–Kier alpha value is -2.76. The van der Waals surface area contributed by atoms with Crippen molar-refractivity contribution in [2.75, 3.05) is 0 Å². The molecule has 0 saturated carbocycles. The number of benzene rings is 2. The number of aromatic nitrogens is 3. The Bertz CT molecular complexity index is 821. The topological polar surface area (TPSA) is 69.4 Å². The van der Waals surface area contributed by atoms with Crippen LogP contribution in [0.25, 0.3) is 16.7 Å². The highest BCUT2D eigenvalue weighted by Gasteiger charge is 2.33. The number of hydrogen-bond acceptors (Lipinski definition) is 5. The molecular formula is C15H13N3O3. The average Bonchev–Trinajstić information content (AvgIpc) is 2.96. The summed E-state index contributed by atoms with van der Waals surface area (Å²) >= 11 is 0. The highest BCUT2D eigenvalue weighted by Crippen LogP contribution is 2.43. The van der Waals surface area contributed by atoms with Crippen LogP contribution in [0, 0.1) is 0 Å². The molecule has 21 heavy (non-hydrogen) atoms. The smallest absolute Gasteiger partial charge is 0.246 e. The van der Waals surface area contributed by atoms with Crippen LogP contribution in [-0.2, 0) is 0 Å². The maximum absolute atomic E-state index is 10.2. The van der Waals surface area contributed by atoms with Gasteiger partial charge in [-0.2, -0.15) is 0 Å². The number of nitrogens with zero attached hydrogens (tertiary/aromatic N) is 3. The zero-order valence-corrected chi connectivity index (χ0v) is 11.6. The number of phenolic OH excluding ortho intramolecular Hbond substituents is 1. The first-order valence-corrected chi connectivity index (χ1v) is 6.59. The Morgan fingerprint density at radius 3 is 2.19 bits per heavy atom. The number of hydrogen-bond donors (Lipinski definition) is 1. The summed E-state index contributed by atoms with van der Waals surface area (Å²) in [4.78, 5) is 1.40. The summed E-state index contributed by atoms with van der Waals surface area (Å²) in [5.74, 6) is 0.373. The van der Waals surface area contributed by atoms with Crippen molar-refractivity contribution in [3.8, 4) is 22.9 Å². The molecule has 106 valence electrons. The normalized spacial score (nSPS) is 15.5. The van der Waals surface area contributed by atoms with Crippen LogP contribution < -0.4 is 9.47 Å². The summed E-state index contributed by atoms with van der Waals surface area (Å²) in [5.41, 5.74) is 1.97. The molecular weight excluding hydrogens is 270 g/mol. The SMILES string of the molecule is CC1(C)Oc2cc(O)c(-n3nc4ccccc4n3)cc2O1.